The van der Waals surface area contributed by atoms with Gasteiger partial charge in [-0.1, -0.05) is 18.2 Å². The van der Waals surface area contributed by atoms with Gasteiger partial charge in [0.1, 0.15) is 0 Å². The summed E-state index contributed by atoms with van der Waals surface area (Å²) in [6.45, 7) is 0.686. The molecule has 0 fully saturated rings. The summed E-state index contributed by atoms with van der Waals surface area (Å²) < 4.78 is 38.4. The van der Waals surface area contributed by atoms with Crippen LogP contribution in [0, 0.1) is 0 Å². The first-order valence-electron chi connectivity index (χ1n) is 8.33. The summed E-state index contributed by atoms with van der Waals surface area (Å²) in [5.41, 5.74) is -0.371. The number of alkyl halides is 3. The summed E-state index contributed by atoms with van der Waals surface area (Å²) in [5.74, 6) is -0.856. The van der Waals surface area contributed by atoms with Crippen LogP contribution >= 0.6 is 12.4 Å². The Morgan fingerprint density at radius 3 is 2.39 bits per heavy atom. The number of benzene rings is 2. The molecule has 0 aliphatic carbocycles. The Morgan fingerprint density at radius 1 is 1.00 bits per heavy atom. The second-order valence-electron chi connectivity index (χ2n) is 5.83. The highest BCUT2D eigenvalue weighted by Gasteiger charge is 2.30. The van der Waals surface area contributed by atoms with Crippen LogP contribution in [-0.4, -0.2) is 25.4 Å². The molecule has 0 spiro atoms. The highest BCUT2D eigenvalue weighted by Crippen LogP contribution is 2.30. The van der Waals surface area contributed by atoms with E-state index >= 15 is 0 Å². The minimum absolute atomic E-state index is 0. The normalized spacial score (nSPS) is 10.7. The first-order valence-corrected chi connectivity index (χ1v) is 8.33. The zero-order chi connectivity index (χ0) is 19.9. The third kappa shape index (κ3) is 6.86. The summed E-state index contributed by atoms with van der Waals surface area (Å²) in [6.07, 6.45) is -3.58. The molecule has 9 heteroatoms. The zero-order valence-corrected chi connectivity index (χ0v) is 15.9. The highest BCUT2D eigenvalue weighted by atomic mass is 35.5. The van der Waals surface area contributed by atoms with Crippen LogP contribution in [0.1, 0.15) is 28.8 Å². The summed E-state index contributed by atoms with van der Waals surface area (Å²) in [5, 5.41) is 8.04. The second-order valence-corrected chi connectivity index (χ2v) is 5.83. The van der Waals surface area contributed by atoms with Crippen molar-refractivity contribution in [2.24, 2.45) is 0 Å². The molecule has 0 atom stereocenters. The van der Waals surface area contributed by atoms with Gasteiger partial charge in [0.15, 0.2) is 0 Å². The number of halogens is 4. The minimum Gasteiger partial charge on any atom is -0.325 e. The number of hydrogen-bond acceptors (Lipinski definition) is 3. The lowest BCUT2D eigenvalue weighted by atomic mass is 10.1. The molecule has 28 heavy (non-hydrogen) atoms. The Bertz CT molecular complexity index is 813. The van der Waals surface area contributed by atoms with Gasteiger partial charge < -0.3 is 16.0 Å². The molecular weight excluding hydrogens is 395 g/mol. The van der Waals surface area contributed by atoms with Gasteiger partial charge in [-0.2, -0.15) is 13.2 Å². The van der Waals surface area contributed by atoms with E-state index < -0.39 is 17.6 Å². The molecule has 5 nitrogen and oxygen atoms in total. The molecule has 0 unspecified atom stereocenters. The van der Waals surface area contributed by atoms with Crippen LogP contribution in [0.4, 0.5) is 24.5 Å². The van der Waals surface area contributed by atoms with Crippen molar-refractivity contribution < 1.29 is 22.8 Å². The fraction of sp³-hybridized carbons (Fsp3) is 0.263. The predicted molar refractivity (Wildman–Crippen MR) is 105 cm³/mol. The largest absolute Gasteiger partial charge is 0.416 e. The number of rotatable bonds is 7. The van der Waals surface area contributed by atoms with Crippen LogP contribution in [0.25, 0.3) is 0 Å². The van der Waals surface area contributed by atoms with Crippen molar-refractivity contribution in [3.63, 3.8) is 0 Å². The molecule has 0 heterocycles. The fourth-order valence-corrected chi connectivity index (χ4v) is 2.40. The Labute approximate surface area is 167 Å². The third-order valence-electron chi connectivity index (χ3n) is 3.72. The molecule has 0 saturated carbocycles. The maximum absolute atomic E-state index is 12.8. The van der Waals surface area contributed by atoms with Gasteiger partial charge in [-0.25, -0.2) is 0 Å². The van der Waals surface area contributed by atoms with Gasteiger partial charge in [-0.3, -0.25) is 9.59 Å². The van der Waals surface area contributed by atoms with Crippen LogP contribution in [0.3, 0.4) is 0 Å². The van der Waals surface area contributed by atoms with Crippen molar-refractivity contribution in [3.8, 4) is 0 Å². The fourth-order valence-electron chi connectivity index (χ4n) is 2.40. The molecule has 0 aliphatic heterocycles. The average Bonchev–Trinajstić information content (AvgIpc) is 2.62. The van der Waals surface area contributed by atoms with Gasteiger partial charge in [0, 0.05) is 12.1 Å². The lowest BCUT2D eigenvalue weighted by molar-refractivity contribution is -0.137. The highest BCUT2D eigenvalue weighted by molar-refractivity contribution is 6.10. The molecule has 2 rings (SSSR count). The first-order chi connectivity index (χ1) is 12.8. The quantitative estimate of drug-likeness (QED) is 0.590. The molecule has 0 saturated heterocycles. The topological polar surface area (TPSA) is 70.2 Å². The van der Waals surface area contributed by atoms with Gasteiger partial charge in [0.05, 0.1) is 16.8 Å². The van der Waals surface area contributed by atoms with Gasteiger partial charge >= 0.3 is 6.18 Å². The van der Waals surface area contributed by atoms with Crippen molar-refractivity contribution in [2.75, 3.05) is 24.2 Å². The van der Waals surface area contributed by atoms with Crippen LogP contribution in [-0.2, 0) is 11.0 Å². The van der Waals surface area contributed by atoms with Gasteiger partial charge in [-0.15, -0.1) is 12.4 Å². The maximum Gasteiger partial charge on any atom is 0.416 e. The van der Waals surface area contributed by atoms with Crippen molar-refractivity contribution in [1.82, 2.24) is 5.32 Å². The number of nitrogens with one attached hydrogen (secondary N) is 3. The van der Waals surface area contributed by atoms with Crippen LogP contribution in [0.15, 0.2) is 48.5 Å². The zero-order valence-electron chi connectivity index (χ0n) is 15.1. The number of hydrogen-bond donors (Lipinski definition) is 3. The summed E-state index contributed by atoms with van der Waals surface area (Å²) in [7, 11) is 1.78. The van der Waals surface area contributed by atoms with Crippen LogP contribution in [0.5, 0.6) is 0 Å². The molecule has 152 valence electrons. The Kier molecular flexibility index (Phi) is 8.94. The molecule has 3 N–H and O–H groups in total. The Balaban J connectivity index is 0.00000392. The monoisotopic (exact) mass is 415 g/mol. The average molecular weight is 416 g/mol. The Morgan fingerprint density at radius 2 is 1.71 bits per heavy atom. The van der Waals surface area contributed by atoms with Crippen LogP contribution in [0.2, 0.25) is 0 Å². The molecule has 0 aromatic heterocycles. The molecule has 0 bridgehead atoms. The molecule has 2 amide bonds. The van der Waals surface area contributed by atoms with E-state index in [4.69, 9.17) is 0 Å². The molecule has 0 aliphatic rings. The van der Waals surface area contributed by atoms with E-state index in [1.165, 1.54) is 18.2 Å². The van der Waals surface area contributed by atoms with E-state index in [9.17, 15) is 22.8 Å². The van der Waals surface area contributed by atoms with E-state index in [1.807, 2.05) is 0 Å². The predicted octanol–water partition coefficient (Wildman–Crippen LogP) is 4.32. The number of carbonyl (C=O) groups is 2. The lowest BCUT2D eigenvalue weighted by Gasteiger charge is -2.13. The molecule has 0 radical (unpaired) electrons. The summed E-state index contributed by atoms with van der Waals surface area (Å²) in [4.78, 5) is 24.5. The molecule has 2 aromatic carbocycles. The summed E-state index contributed by atoms with van der Waals surface area (Å²) >= 11 is 0. The third-order valence-corrected chi connectivity index (χ3v) is 3.72. The first kappa shape index (κ1) is 23.5. The van der Waals surface area contributed by atoms with Crippen molar-refractivity contribution in [2.45, 2.75) is 19.0 Å². The van der Waals surface area contributed by atoms with Crippen LogP contribution < -0.4 is 16.0 Å². The summed E-state index contributed by atoms with van der Waals surface area (Å²) in [6, 6.07) is 10.7. The van der Waals surface area contributed by atoms with Gasteiger partial charge in [0.2, 0.25) is 5.91 Å². The SMILES string of the molecule is CNCCCC(=O)Nc1ccccc1C(=O)Nc1cccc(C(F)(F)F)c1.Cl. The van der Waals surface area contributed by atoms with E-state index in [-0.39, 0.29) is 36.0 Å². The number of para-hydroxylation sites is 1. The molecule has 2 aromatic rings. The maximum atomic E-state index is 12.8. The Hall–Kier alpha value is -2.58. The number of carbonyl (C=O) groups excluding carboxylic acids is 2. The van der Waals surface area contributed by atoms with Crippen molar-refractivity contribution >= 4 is 35.6 Å². The van der Waals surface area contributed by atoms with E-state index in [0.717, 1.165) is 12.1 Å². The van der Waals surface area contributed by atoms with E-state index in [0.29, 0.717) is 18.7 Å². The number of amides is 2. The minimum atomic E-state index is -4.50. The van der Waals surface area contributed by atoms with Crippen molar-refractivity contribution in [1.29, 1.82) is 0 Å². The standard InChI is InChI=1S/C19H20F3N3O2.ClH/c1-23-11-5-10-17(26)25-16-9-3-2-8-15(16)18(27)24-14-7-4-6-13(12-14)19(20,21)22;/h2-4,6-9,12,23H,5,10-11H2,1H3,(H,24,27)(H,25,26);1H. The van der Waals surface area contributed by atoms with Crippen molar-refractivity contribution in [3.05, 3.63) is 59.7 Å². The molecular formula is C19H21ClF3N3O2. The second kappa shape index (κ2) is 10.7. The van der Waals surface area contributed by atoms with Gasteiger partial charge in [0.25, 0.3) is 5.91 Å². The lowest BCUT2D eigenvalue weighted by Crippen LogP contribution is -2.19. The number of anilines is 2. The van der Waals surface area contributed by atoms with E-state index in [2.05, 4.69) is 16.0 Å². The smallest absolute Gasteiger partial charge is 0.325 e. The van der Waals surface area contributed by atoms with E-state index in [1.54, 1.807) is 25.2 Å². The van der Waals surface area contributed by atoms with Gasteiger partial charge in [-0.05, 0) is 50.3 Å².